The summed E-state index contributed by atoms with van der Waals surface area (Å²) in [6.45, 7) is 1.68. The lowest BCUT2D eigenvalue weighted by Gasteiger charge is -2.11. The van der Waals surface area contributed by atoms with Crippen molar-refractivity contribution >= 4 is 33.7 Å². The van der Waals surface area contributed by atoms with Crippen molar-refractivity contribution in [3.05, 3.63) is 71.7 Å². The van der Waals surface area contributed by atoms with E-state index in [1.807, 2.05) is 53.9 Å². The van der Waals surface area contributed by atoms with Crippen molar-refractivity contribution in [2.75, 3.05) is 5.32 Å². The van der Waals surface area contributed by atoms with Crippen LogP contribution >= 0.6 is 11.3 Å². The van der Waals surface area contributed by atoms with Crippen LogP contribution in [0.4, 0.5) is 5.69 Å². The van der Waals surface area contributed by atoms with E-state index in [9.17, 15) is 9.00 Å². The Bertz CT molecular complexity index is 863. The molecule has 0 saturated carbocycles. The SMILES string of the molecule is C[C@H](C(=O)Nc1ccccc1)[S@@](=O)Cc1csc(-c2ccccc2)n1. The van der Waals surface area contributed by atoms with Crippen LogP contribution in [0, 0.1) is 0 Å². The van der Waals surface area contributed by atoms with Gasteiger partial charge in [-0.2, -0.15) is 0 Å². The topological polar surface area (TPSA) is 59.1 Å². The van der Waals surface area contributed by atoms with Crippen molar-refractivity contribution in [2.24, 2.45) is 0 Å². The van der Waals surface area contributed by atoms with Crippen LogP contribution < -0.4 is 5.32 Å². The molecule has 25 heavy (non-hydrogen) atoms. The first-order chi connectivity index (χ1) is 12.1. The molecule has 2 atom stereocenters. The maximum Gasteiger partial charge on any atom is 0.239 e. The zero-order valence-corrected chi connectivity index (χ0v) is 15.3. The monoisotopic (exact) mass is 370 g/mol. The number of carbonyl (C=O) groups is 1. The Hall–Kier alpha value is -2.31. The number of nitrogens with zero attached hydrogens (tertiary/aromatic N) is 1. The molecule has 0 aliphatic heterocycles. The van der Waals surface area contributed by atoms with Crippen molar-refractivity contribution in [1.29, 1.82) is 0 Å². The molecule has 1 amide bonds. The highest BCUT2D eigenvalue weighted by Gasteiger charge is 2.21. The lowest BCUT2D eigenvalue weighted by molar-refractivity contribution is -0.115. The van der Waals surface area contributed by atoms with Crippen LogP contribution in [-0.2, 0) is 21.3 Å². The van der Waals surface area contributed by atoms with Gasteiger partial charge in [-0.25, -0.2) is 4.98 Å². The van der Waals surface area contributed by atoms with Gasteiger partial charge in [0.2, 0.25) is 5.91 Å². The molecular formula is C19H18N2O2S2. The summed E-state index contributed by atoms with van der Waals surface area (Å²) in [5.74, 6) is 0.0234. The predicted molar refractivity (Wildman–Crippen MR) is 104 cm³/mol. The van der Waals surface area contributed by atoms with Crippen LogP contribution in [0.2, 0.25) is 0 Å². The second-order valence-electron chi connectivity index (χ2n) is 5.53. The number of rotatable bonds is 6. The number of hydrogen-bond acceptors (Lipinski definition) is 4. The largest absolute Gasteiger partial charge is 0.325 e. The Kier molecular flexibility index (Phi) is 5.73. The van der Waals surface area contributed by atoms with Gasteiger partial charge in [-0.05, 0) is 19.1 Å². The van der Waals surface area contributed by atoms with E-state index in [-0.39, 0.29) is 11.7 Å². The van der Waals surface area contributed by atoms with E-state index in [4.69, 9.17) is 0 Å². The highest BCUT2D eigenvalue weighted by molar-refractivity contribution is 7.85. The van der Waals surface area contributed by atoms with Gasteiger partial charge in [0.25, 0.3) is 0 Å². The number of aromatic nitrogens is 1. The second kappa shape index (κ2) is 8.18. The number of nitrogens with one attached hydrogen (secondary N) is 1. The maximum atomic E-state index is 12.5. The summed E-state index contributed by atoms with van der Waals surface area (Å²) in [7, 11) is -1.33. The van der Waals surface area contributed by atoms with Crippen LogP contribution in [0.1, 0.15) is 12.6 Å². The van der Waals surface area contributed by atoms with Gasteiger partial charge in [0.1, 0.15) is 10.3 Å². The molecule has 0 fully saturated rings. The van der Waals surface area contributed by atoms with Gasteiger partial charge in [-0.15, -0.1) is 11.3 Å². The highest BCUT2D eigenvalue weighted by atomic mass is 32.2. The third-order valence-electron chi connectivity index (χ3n) is 3.67. The average molecular weight is 370 g/mol. The van der Waals surface area contributed by atoms with Crippen molar-refractivity contribution in [3.8, 4) is 10.6 Å². The average Bonchev–Trinajstić information content (AvgIpc) is 3.11. The first-order valence-corrected chi connectivity index (χ1v) is 10.1. The van der Waals surface area contributed by atoms with Crippen LogP contribution in [0.3, 0.4) is 0 Å². The van der Waals surface area contributed by atoms with Gasteiger partial charge in [-0.3, -0.25) is 9.00 Å². The molecule has 0 unspecified atom stereocenters. The zero-order valence-electron chi connectivity index (χ0n) is 13.7. The highest BCUT2D eigenvalue weighted by Crippen LogP contribution is 2.24. The number of benzene rings is 2. The van der Waals surface area contributed by atoms with Crippen LogP contribution in [0.25, 0.3) is 10.6 Å². The molecule has 0 radical (unpaired) electrons. The molecular weight excluding hydrogens is 352 g/mol. The molecule has 0 aliphatic carbocycles. The molecule has 128 valence electrons. The summed E-state index contributed by atoms with van der Waals surface area (Å²) < 4.78 is 12.5. The van der Waals surface area contributed by atoms with Crippen molar-refractivity contribution < 1.29 is 9.00 Å². The van der Waals surface area contributed by atoms with Crippen LogP contribution in [0.15, 0.2) is 66.0 Å². The third-order valence-corrected chi connectivity index (χ3v) is 6.19. The second-order valence-corrected chi connectivity index (χ2v) is 8.15. The van der Waals surface area contributed by atoms with E-state index in [0.717, 1.165) is 16.3 Å². The minimum Gasteiger partial charge on any atom is -0.325 e. The Morgan fingerprint density at radius 2 is 1.76 bits per heavy atom. The van der Waals surface area contributed by atoms with Gasteiger partial charge in [-0.1, -0.05) is 48.5 Å². The number of hydrogen-bond donors (Lipinski definition) is 1. The fourth-order valence-electron chi connectivity index (χ4n) is 2.24. The van der Waals surface area contributed by atoms with Gasteiger partial charge in [0.05, 0.1) is 11.4 Å². The van der Waals surface area contributed by atoms with Gasteiger partial charge in [0.15, 0.2) is 0 Å². The Balaban J connectivity index is 1.62. The Labute approximate surface area is 153 Å². The van der Waals surface area contributed by atoms with E-state index in [1.54, 1.807) is 19.1 Å². The molecule has 1 N–H and O–H groups in total. The molecule has 0 aliphatic rings. The predicted octanol–water partition coefficient (Wildman–Crippen LogP) is 4.09. The maximum absolute atomic E-state index is 12.5. The molecule has 3 rings (SSSR count). The molecule has 3 aromatic rings. The smallest absolute Gasteiger partial charge is 0.239 e. The third kappa shape index (κ3) is 4.61. The van der Waals surface area contributed by atoms with Crippen molar-refractivity contribution in [3.63, 3.8) is 0 Å². The minimum absolute atomic E-state index is 0.247. The van der Waals surface area contributed by atoms with Crippen molar-refractivity contribution in [1.82, 2.24) is 4.98 Å². The quantitative estimate of drug-likeness (QED) is 0.711. The molecule has 1 aromatic heterocycles. The zero-order chi connectivity index (χ0) is 17.6. The molecule has 1 heterocycles. The van der Waals surface area contributed by atoms with E-state index in [0.29, 0.717) is 5.69 Å². The van der Waals surface area contributed by atoms with E-state index < -0.39 is 16.0 Å². The summed E-state index contributed by atoms with van der Waals surface area (Å²) >= 11 is 1.52. The molecule has 0 bridgehead atoms. The van der Waals surface area contributed by atoms with Gasteiger partial charge in [0, 0.05) is 27.4 Å². The first-order valence-electron chi connectivity index (χ1n) is 7.86. The minimum atomic E-state index is -1.33. The molecule has 0 spiro atoms. The summed E-state index contributed by atoms with van der Waals surface area (Å²) in [5, 5.41) is 4.98. The van der Waals surface area contributed by atoms with Crippen molar-refractivity contribution in [2.45, 2.75) is 17.9 Å². The van der Waals surface area contributed by atoms with E-state index in [2.05, 4.69) is 10.3 Å². The van der Waals surface area contributed by atoms with Crippen LogP contribution in [0.5, 0.6) is 0 Å². The number of amides is 1. The number of carbonyl (C=O) groups excluding carboxylic acids is 1. The fourth-order valence-corrected chi connectivity index (χ4v) is 4.16. The first kappa shape index (κ1) is 17.5. The van der Waals surface area contributed by atoms with E-state index >= 15 is 0 Å². The standard InChI is InChI=1S/C19H18N2O2S2/c1-14(18(22)20-16-10-6-3-7-11-16)25(23)13-17-12-24-19(21-17)15-8-4-2-5-9-15/h2-12,14H,13H2,1H3,(H,20,22)/t14-,25+/m1/s1. The van der Waals surface area contributed by atoms with Gasteiger partial charge >= 0.3 is 0 Å². The molecule has 4 nitrogen and oxygen atoms in total. The number of anilines is 1. The molecule has 6 heteroatoms. The fraction of sp³-hybridized carbons (Fsp3) is 0.158. The number of thiazole rings is 1. The number of para-hydroxylation sites is 1. The lowest BCUT2D eigenvalue weighted by Crippen LogP contribution is -2.29. The Morgan fingerprint density at radius 1 is 1.12 bits per heavy atom. The molecule has 0 saturated heterocycles. The van der Waals surface area contributed by atoms with Crippen LogP contribution in [-0.4, -0.2) is 20.3 Å². The summed E-state index contributed by atoms with van der Waals surface area (Å²) in [6, 6.07) is 19.1. The summed E-state index contributed by atoms with van der Waals surface area (Å²) in [4.78, 5) is 16.8. The molecule has 2 aromatic carbocycles. The van der Waals surface area contributed by atoms with Gasteiger partial charge < -0.3 is 5.32 Å². The normalized spacial score (nSPS) is 13.2. The lowest BCUT2D eigenvalue weighted by atomic mass is 10.2. The van der Waals surface area contributed by atoms with E-state index in [1.165, 1.54) is 11.3 Å². The summed E-state index contributed by atoms with van der Waals surface area (Å²) in [6.07, 6.45) is 0. The Morgan fingerprint density at radius 3 is 2.44 bits per heavy atom. The summed E-state index contributed by atoms with van der Waals surface area (Å²) in [5.41, 5.74) is 2.50.